The molecule has 14 rings (SSSR count). The van der Waals surface area contributed by atoms with E-state index in [0.29, 0.717) is 0 Å². The van der Waals surface area contributed by atoms with Crippen molar-refractivity contribution in [2.45, 2.75) is 27.7 Å². The first kappa shape index (κ1) is 47.4. The zero-order valence-corrected chi connectivity index (χ0v) is 43.0. The molecule has 0 radical (unpaired) electrons. The molecule has 344 valence electrons. The van der Waals surface area contributed by atoms with Gasteiger partial charge in [-0.2, -0.15) is 48.5 Å². The van der Waals surface area contributed by atoms with Crippen molar-refractivity contribution in [3.63, 3.8) is 0 Å². The fraction of sp³-hybridized carbons (Fsp3) is 0.0690. The van der Waals surface area contributed by atoms with Gasteiger partial charge in [0.05, 0.1) is 0 Å². The Morgan fingerprint density at radius 2 is 0.729 bits per heavy atom. The third-order valence-corrected chi connectivity index (χ3v) is 12.0. The Kier molecular flexibility index (Phi) is 13.9. The summed E-state index contributed by atoms with van der Waals surface area (Å²) < 4.78 is 4.53. The fourth-order valence-electron chi connectivity index (χ4n) is 9.18. The van der Waals surface area contributed by atoms with Crippen LogP contribution in [0, 0.1) is 39.8 Å². The first-order chi connectivity index (χ1) is 33.4. The molecule has 0 saturated carbocycles. The topological polar surface area (TPSA) is 114 Å². The predicted molar refractivity (Wildman–Crippen MR) is 275 cm³/mol. The summed E-state index contributed by atoms with van der Waals surface area (Å²) in [7, 11) is 0. The Labute approximate surface area is 431 Å². The number of hydrogen-bond acceptors (Lipinski definition) is 6. The average Bonchev–Trinajstić information content (AvgIpc) is 4.16. The fourth-order valence-corrected chi connectivity index (χ4v) is 9.18. The maximum Gasteiger partial charge on any atom is 2.00 e. The second kappa shape index (κ2) is 20.5. The van der Waals surface area contributed by atoms with Crippen LogP contribution < -0.4 is 10.2 Å². The smallest absolute Gasteiger partial charge is 0.427 e. The molecule has 0 saturated heterocycles. The van der Waals surface area contributed by atoms with Gasteiger partial charge in [-0.15, -0.1) is 10.8 Å². The van der Waals surface area contributed by atoms with E-state index in [-0.39, 0.29) is 42.1 Å². The van der Waals surface area contributed by atoms with Gasteiger partial charge in [0.1, 0.15) is 11.3 Å². The van der Waals surface area contributed by atoms with E-state index in [1.165, 1.54) is 64.9 Å². The molecule has 0 aliphatic heterocycles. The van der Waals surface area contributed by atoms with Crippen LogP contribution in [0.2, 0.25) is 0 Å². The molecule has 0 aliphatic carbocycles. The second-order valence-electron chi connectivity index (χ2n) is 16.4. The molecule has 0 bridgehead atoms. The van der Waals surface area contributed by atoms with E-state index in [9.17, 15) is 0 Å². The van der Waals surface area contributed by atoms with Gasteiger partial charge in [-0.25, -0.2) is 9.97 Å². The van der Waals surface area contributed by atoms with Crippen molar-refractivity contribution in [2.75, 3.05) is 0 Å². The van der Waals surface area contributed by atoms with Crippen LogP contribution in [0.3, 0.4) is 0 Å². The molecule has 14 aromatic rings. The molecule has 0 aliphatic rings. The van der Waals surface area contributed by atoms with Crippen LogP contribution in [-0.4, -0.2) is 38.9 Å². The number of aromatic nitrogens is 10. The van der Waals surface area contributed by atoms with Gasteiger partial charge in [0.25, 0.3) is 0 Å². The summed E-state index contributed by atoms with van der Waals surface area (Å²) in [6.45, 7) is 7.28. The Hall–Kier alpha value is -7.64. The van der Waals surface area contributed by atoms with Crippen LogP contribution in [0.4, 0.5) is 0 Å². The minimum Gasteiger partial charge on any atom is -0.427 e. The number of nitrogens with zero attached hydrogens (tertiary/aromatic N) is 10. The van der Waals surface area contributed by atoms with Crippen molar-refractivity contribution in [3.8, 4) is 0 Å². The Bertz CT molecular complexity index is 3940. The van der Waals surface area contributed by atoms with E-state index in [1.807, 2.05) is 64.4 Å². The monoisotopic (exact) mass is 1270 g/mol. The third-order valence-electron chi connectivity index (χ3n) is 12.0. The molecule has 0 unspecified atom stereocenters. The molecule has 6 aromatic carbocycles. The van der Waals surface area contributed by atoms with Crippen LogP contribution in [0.15, 0.2) is 182 Å². The molecule has 12 heteroatoms. The van der Waals surface area contributed by atoms with Crippen LogP contribution >= 0.6 is 0 Å². The van der Waals surface area contributed by atoms with E-state index in [1.54, 1.807) is 0 Å². The van der Waals surface area contributed by atoms with Gasteiger partial charge in [-0.3, -0.25) is 10.2 Å². The largest absolute Gasteiger partial charge is 2.00 e. The van der Waals surface area contributed by atoms with Gasteiger partial charge in [0, 0.05) is 56.6 Å². The quantitative estimate of drug-likeness (QED) is 0.138. The third kappa shape index (κ3) is 8.93. The van der Waals surface area contributed by atoms with E-state index in [0.717, 1.165) is 56.4 Å². The van der Waals surface area contributed by atoms with E-state index in [2.05, 4.69) is 197 Å². The van der Waals surface area contributed by atoms with Gasteiger partial charge >= 0.3 is 42.1 Å². The average molecular weight is 1270 g/mol. The summed E-state index contributed by atoms with van der Waals surface area (Å²) in [5.74, 6) is 2.99. The minimum atomic E-state index is 0. The Balaban J connectivity index is 0.000000133. The molecule has 0 amide bonds. The van der Waals surface area contributed by atoms with Crippen molar-refractivity contribution in [1.82, 2.24) is 49.1 Å². The number of para-hydroxylation sites is 4. The van der Waals surface area contributed by atoms with Crippen molar-refractivity contribution < 1.29 is 42.1 Å². The van der Waals surface area contributed by atoms with E-state index in [4.69, 9.17) is 9.97 Å². The molecular weight excluding hydrogens is 1230 g/mol. The number of fused-ring (bicyclic) bond motifs is 14. The van der Waals surface area contributed by atoms with Crippen LogP contribution in [0.1, 0.15) is 23.3 Å². The van der Waals surface area contributed by atoms with E-state index < -0.39 is 0 Å². The maximum atomic E-state index is 4.76. The van der Waals surface area contributed by atoms with E-state index >= 15 is 0 Å². The predicted octanol–water partition coefficient (Wildman–Crippen LogP) is 12.7. The summed E-state index contributed by atoms with van der Waals surface area (Å²) >= 11 is 0. The Morgan fingerprint density at radius 1 is 0.371 bits per heavy atom. The summed E-state index contributed by atoms with van der Waals surface area (Å²) in [5, 5.41) is 29.0. The molecule has 0 N–H and O–H groups in total. The molecular formula is C58H42N10Pt2. The van der Waals surface area contributed by atoms with Crippen LogP contribution in [0.25, 0.3) is 98.0 Å². The molecule has 8 aromatic heterocycles. The number of benzene rings is 6. The zero-order valence-electron chi connectivity index (χ0n) is 38.4. The minimum absolute atomic E-state index is 0. The summed E-state index contributed by atoms with van der Waals surface area (Å²) in [6.07, 6.45) is 3.72. The first-order valence-corrected chi connectivity index (χ1v) is 22.4. The van der Waals surface area contributed by atoms with Crippen molar-refractivity contribution in [2.24, 2.45) is 0 Å². The molecule has 70 heavy (non-hydrogen) atoms. The number of pyridine rings is 2. The standard InChI is InChI=1S/2C25H15N2.2C4H6N3.2Pt/c2*1-2-9-19-17(7-1)14-15-18-8-6-16-26-25(18)27-23-13-4-3-10-20(23)22-12-5-11-21(19)24(22)27;2*1-3-5-4(2)7-6-3;;/h2*1-12,14-16H;2*1-2H3;;/q4*-1;2*+2. The zero-order chi connectivity index (χ0) is 46.1. The van der Waals surface area contributed by atoms with Gasteiger partial charge in [-0.1, -0.05) is 132 Å². The first-order valence-electron chi connectivity index (χ1n) is 22.4. The molecule has 0 atom stereocenters. The summed E-state index contributed by atoms with van der Waals surface area (Å²) in [4.78, 5) is 17.3. The molecule has 0 spiro atoms. The Morgan fingerprint density at radius 3 is 1.11 bits per heavy atom. The number of hydrogen-bond donors (Lipinski definition) is 0. The molecule has 10 nitrogen and oxygen atoms in total. The van der Waals surface area contributed by atoms with Crippen LogP contribution in [0.5, 0.6) is 0 Å². The van der Waals surface area contributed by atoms with Crippen molar-refractivity contribution in [1.29, 1.82) is 0 Å². The van der Waals surface area contributed by atoms with Gasteiger partial charge in [0.2, 0.25) is 0 Å². The summed E-state index contributed by atoms with van der Waals surface area (Å²) in [5.41, 5.74) is 6.38. The number of aryl methyl sites for hydroxylation is 4. The number of rotatable bonds is 0. The maximum absolute atomic E-state index is 4.76. The molecule has 8 heterocycles. The van der Waals surface area contributed by atoms with Gasteiger partial charge in [0.15, 0.2) is 0 Å². The van der Waals surface area contributed by atoms with Crippen LogP contribution in [-0.2, 0) is 42.1 Å². The van der Waals surface area contributed by atoms with Gasteiger partial charge < -0.3 is 29.0 Å². The van der Waals surface area contributed by atoms with Gasteiger partial charge in [-0.05, 0) is 84.3 Å². The second-order valence-corrected chi connectivity index (χ2v) is 16.4. The van der Waals surface area contributed by atoms with Crippen molar-refractivity contribution in [3.05, 3.63) is 218 Å². The normalized spacial score (nSPS) is 10.9. The molecule has 0 fully saturated rings. The van der Waals surface area contributed by atoms with Crippen molar-refractivity contribution >= 4 is 98.0 Å². The summed E-state index contributed by atoms with van der Waals surface area (Å²) in [6, 6.07) is 66.5. The SMILES string of the molecule is Cc1n[n-]c(C)n1.Cc1n[n-]c(C)n1.[Pt+2].[Pt+2].[c-]1cccc2c3cccc4c5ccccc5ccc5cccnc5n(c12)c43.[c-]1cccc2c3cccc4c5ccccc5ccc5cccnc5n(c12)c43.